The first-order valence-corrected chi connectivity index (χ1v) is 7.29. The highest BCUT2D eigenvalue weighted by Gasteiger charge is 2.15. The van der Waals surface area contributed by atoms with Crippen LogP contribution in [0.15, 0.2) is 5.38 Å². The number of ether oxygens (including phenoxy) is 2. The highest BCUT2D eigenvalue weighted by molar-refractivity contribution is 7.09. The number of hydrogen-bond donors (Lipinski definition) is 2. The number of nitrogens with zero attached hydrogens (tertiary/aromatic N) is 1. The third kappa shape index (κ3) is 5.34. The van der Waals surface area contributed by atoms with Crippen molar-refractivity contribution in [3.63, 3.8) is 0 Å². The van der Waals surface area contributed by atoms with Crippen molar-refractivity contribution in [2.75, 3.05) is 26.4 Å². The van der Waals surface area contributed by atoms with Crippen molar-refractivity contribution < 1.29 is 14.3 Å². The summed E-state index contributed by atoms with van der Waals surface area (Å²) in [6.45, 7) is 3.07. The fraction of sp³-hybridized carbons (Fsp3) is 0.667. The predicted octanol–water partition coefficient (Wildman–Crippen LogP) is 0.949. The second kappa shape index (κ2) is 9.25. The Kier molecular flexibility index (Phi) is 8.01. The van der Waals surface area contributed by atoms with Gasteiger partial charge in [-0.1, -0.05) is 0 Å². The number of halogens is 1. The second-order valence-electron chi connectivity index (χ2n) is 4.30. The molecular weight excluding hydrogens is 302 g/mol. The van der Waals surface area contributed by atoms with Crippen LogP contribution < -0.4 is 11.1 Å². The molecule has 2 rings (SSSR count). The van der Waals surface area contributed by atoms with Gasteiger partial charge in [-0.3, -0.25) is 4.79 Å². The molecule has 2 heterocycles. The van der Waals surface area contributed by atoms with Crippen molar-refractivity contribution in [2.45, 2.75) is 25.5 Å². The Morgan fingerprint density at radius 3 is 3.15 bits per heavy atom. The summed E-state index contributed by atoms with van der Waals surface area (Å²) in [6.07, 6.45) is 1.98. The summed E-state index contributed by atoms with van der Waals surface area (Å²) >= 11 is 1.40. The van der Waals surface area contributed by atoms with E-state index in [0.717, 1.165) is 24.5 Å². The Morgan fingerprint density at radius 2 is 2.50 bits per heavy atom. The molecule has 1 aliphatic rings. The zero-order valence-electron chi connectivity index (χ0n) is 11.2. The fourth-order valence-electron chi connectivity index (χ4n) is 1.77. The maximum atomic E-state index is 11.7. The Labute approximate surface area is 128 Å². The lowest BCUT2D eigenvalue weighted by molar-refractivity contribution is 0.0415. The molecule has 1 aliphatic heterocycles. The summed E-state index contributed by atoms with van der Waals surface area (Å²) in [7, 11) is 0. The van der Waals surface area contributed by atoms with Gasteiger partial charge in [0.1, 0.15) is 10.7 Å². The molecule has 8 heteroatoms. The largest absolute Gasteiger partial charge is 0.379 e. The van der Waals surface area contributed by atoms with E-state index in [-0.39, 0.29) is 24.4 Å². The number of thiazole rings is 1. The molecule has 1 fully saturated rings. The van der Waals surface area contributed by atoms with Gasteiger partial charge in [-0.2, -0.15) is 0 Å². The normalized spacial score (nSPS) is 17.8. The molecular formula is C12H20ClN3O3S. The van der Waals surface area contributed by atoms with Crippen LogP contribution in [0.2, 0.25) is 0 Å². The quantitative estimate of drug-likeness (QED) is 0.730. The molecule has 3 N–H and O–H groups in total. The van der Waals surface area contributed by atoms with Crippen molar-refractivity contribution in [2.24, 2.45) is 5.73 Å². The van der Waals surface area contributed by atoms with E-state index in [0.29, 0.717) is 32.0 Å². The maximum Gasteiger partial charge on any atom is 0.270 e. The SMILES string of the molecule is Cl.NCc1nc(C(=O)NCCCOC2CCOC2)cs1. The second-order valence-corrected chi connectivity index (χ2v) is 5.24. The highest BCUT2D eigenvalue weighted by atomic mass is 35.5. The van der Waals surface area contributed by atoms with Crippen molar-refractivity contribution >= 4 is 29.7 Å². The number of carbonyl (C=O) groups is 1. The first-order valence-electron chi connectivity index (χ1n) is 6.41. The molecule has 1 aromatic rings. The van der Waals surface area contributed by atoms with Gasteiger partial charge in [0.2, 0.25) is 0 Å². The number of amides is 1. The minimum Gasteiger partial charge on any atom is -0.379 e. The first-order chi connectivity index (χ1) is 9.29. The zero-order valence-corrected chi connectivity index (χ0v) is 12.8. The van der Waals surface area contributed by atoms with E-state index in [1.165, 1.54) is 11.3 Å². The summed E-state index contributed by atoms with van der Waals surface area (Å²) in [5, 5.41) is 5.31. The van der Waals surface area contributed by atoms with E-state index in [2.05, 4.69) is 10.3 Å². The van der Waals surface area contributed by atoms with E-state index in [1.54, 1.807) is 5.38 Å². The van der Waals surface area contributed by atoms with Crippen LogP contribution in [0.25, 0.3) is 0 Å². The molecule has 0 saturated carbocycles. The minimum absolute atomic E-state index is 0. The minimum atomic E-state index is -0.153. The summed E-state index contributed by atoms with van der Waals surface area (Å²) in [4.78, 5) is 15.8. The van der Waals surface area contributed by atoms with Gasteiger partial charge in [0.15, 0.2) is 0 Å². The fourth-order valence-corrected chi connectivity index (χ4v) is 2.42. The average Bonchev–Trinajstić information content (AvgIpc) is 3.09. The van der Waals surface area contributed by atoms with Gasteiger partial charge >= 0.3 is 0 Å². The van der Waals surface area contributed by atoms with E-state index in [9.17, 15) is 4.79 Å². The van der Waals surface area contributed by atoms with Crippen LogP contribution in [-0.2, 0) is 16.0 Å². The van der Waals surface area contributed by atoms with Gasteiger partial charge in [-0.05, 0) is 12.8 Å². The van der Waals surface area contributed by atoms with Crippen LogP contribution in [0, 0.1) is 0 Å². The van der Waals surface area contributed by atoms with Crippen molar-refractivity contribution in [3.05, 3.63) is 16.1 Å². The van der Waals surface area contributed by atoms with Gasteiger partial charge in [0.05, 0.1) is 12.7 Å². The van der Waals surface area contributed by atoms with Gasteiger partial charge in [-0.15, -0.1) is 23.7 Å². The smallest absolute Gasteiger partial charge is 0.270 e. The van der Waals surface area contributed by atoms with Crippen molar-refractivity contribution in [1.82, 2.24) is 10.3 Å². The number of carbonyl (C=O) groups excluding carboxylic acids is 1. The molecule has 6 nitrogen and oxygen atoms in total. The van der Waals surface area contributed by atoms with Gasteiger partial charge < -0.3 is 20.5 Å². The molecule has 0 bridgehead atoms. The monoisotopic (exact) mass is 321 g/mol. The third-order valence-corrected chi connectivity index (χ3v) is 3.68. The average molecular weight is 322 g/mol. The van der Waals surface area contributed by atoms with Crippen molar-refractivity contribution in [1.29, 1.82) is 0 Å². The topological polar surface area (TPSA) is 86.5 Å². The summed E-state index contributed by atoms with van der Waals surface area (Å²) < 4.78 is 10.8. The van der Waals surface area contributed by atoms with Gasteiger partial charge in [-0.25, -0.2) is 4.98 Å². The number of nitrogens with one attached hydrogen (secondary N) is 1. The Bertz CT molecular complexity index is 410. The Hall–Kier alpha value is -0.730. The summed E-state index contributed by atoms with van der Waals surface area (Å²) in [5.74, 6) is -0.153. The molecule has 0 aromatic carbocycles. The number of hydrogen-bond acceptors (Lipinski definition) is 6. The van der Waals surface area contributed by atoms with E-state index < -0.39 is 0 Å². The Morgan fingerprint density at radius 1 is 1.65 bits per heavy atom. The van der Waals surface area contributed by atoms with Crippen LogP contribution >= 0.6 is 23.7 Å². The number of nitrogens with two attached hydrogens (primary N) is 1. The molecule has 1 atom stereocenters. The molecule has 0 radical (unpaired) electrons. The number of aromatic nitrogens is 1. The third-order valence-electron chi connectivity index (χ3n) is 2.81. The molecule has 114 valence electrons. The maximum absolute atomic E-state index is 11.7. The first kappa shape index (κ1) is 17.3. The molecule has 20 heavy (non-hydrogen) atoms. The zero-order chi connectivity index (χ0) is 13.5. The van der Waals surface area contributed by atoms with E-state index in [4.69, 9.17) is 15.2 Å². The van der Waals surface area contributed by atoms with Crippen LogP contribution in [-0.4, -0.2) is 43.4 Å². The lowest BCUT2D eigenvalue weighted by atomic mass is 10.3. The molecule has 1 unspecified atom stereocenters. The Balaban J connectivity index is 0.00000200. The van der Waals surface area contributed by atoms with Crippen LogP contribution in [0.5, 0.6) is 0 Å². The van der Waals surface area contributed by atoms with Gasteiger partial charge in [0.25, 0.3) is 5.91 Å². The standard InChI is InChI=1S/C12H19N3O3S.ClH/c13-6-11-15-10(8-19-11)12(16)14-3-1-4-18-9-2-5-17-7-9;/h8-9H,1-7,13H2,(H,14,16);1H. The molecule has 1 amide bonds. The van der Waals surface area contributed by atoms with Crippen molar-refractivity contribution in [3.8, 4) is 0 Å². The molecule has 0 aliphatic carbocycles. The van der Waals surface area contributed by atoms with Crippen LogP contribution in [0.4, 0.5) is 0 Å². The van der Waals surface area contributed by atoms with Crippen LogP contribution in [0.3, 0.4) is 0 Å². The van der Waals surface area contributed by atoms with E-state index >= 15 is 0 Å². The van der Waals surface area contributed by atoms with Gasteiger partial charge in [0, 0.05) is 31.7 Å². The molecule has 0 spiro atoms. The number of rotatable bonds is 7. The lowest BCUT2D eigenvalue weighted by Crippen LogP contribution is -2.26. The van der Waals surface area contributed by atoms with E-state index in [1.807, 2.05) is 0 Å². The highest BCUT2D eigenvalue weighted by Crippen LogP contribution is 2.09. The predicted molar refractivity (Wildman–Crippen MR) is 79.4 cm³/mol. The van der Waals surface area contributed by atoms with Crippen LogP contribution in [0.1, 0.15) is 28.3 Å². The summed E-state index contributed by atoms with van der Waals surface area (Å²) in [5.41, 5.74) is 5.89. The summed E-state index contributed by atoms with van der Waals surface area (Å²) in [6, 6.07) is 0. The lowest BCUT2D eigenvalue weighted by Gasteiger charge is -2.09. The molecule has 1 saturated heterocycles. The molecule has 1 aromatic heterocycles.